The van der Waals surface area contributed by atoms with Crippen LogP contribution in [-0.2, 0) is 14.4 Å². The number of primary amides is 1. The molecule has 1 aliphatic carbocycles. The van der Waals surface area contributed by atoms with Crippen molar-refractivity contribution in [2.75, 3.05) is 13.2 Å². The molecule has 130 valence electrons. The number of benzene rings is 1. The van der Waals surface area contributed by atoms with E-state index in [1.807, 2.05) is 0 Å². The normalized spacial score (nSPS) is 12.8. The summed E-state index contributed by atoms with van der Waals surface area (Å²) >= 11 is 0. The van der Waals surface area contributed by atoms with Gasteiger partial charge in [-0.2, -0.15) is 5.26 Å². The molecule has 0 spiro atoms. The summed E-state index contributed by atoms with van der Waals surface area (Å²) in [5.74, 6) is -1.41. The van der Waals surface area contributed by atoms with Gasteiger partial charge in [-0.05, 0) is 6.92 Å². The van der Waals surface area contributed by atoms with E-state index in [-0.39, 0.29) is 30.3 Å². The molecule has 1 aliphatic rings. The second-order valence-corrected chi connectivity index (χ2v) is 5.16. The third kappa shape index (κ3) is 2.95. The second kappa shape index (κ2) is 6.98. The van der Waals surface area contributed by atoms with Crippen LogP contribution in [0.25, 0.3) is 11.3 Å². The highest BCUT2D eigenvalue weighted by atomic mass is 16.7. The first-order valence-electron chi connectivity index (χ1n) is 7.64. The Balaban J connectivity index is 2.07. The van der Waals surface area contributed by atoms with Gasteiger partial charge in [0, 0.05) is 11.1 Å². The fraction of sp³-hybridized carbons (Fsp3) is 0.176. The van der Waals surface area contributed by atoms with Gasteiger partial charge >= 0.3 is 5.97 Å². The number of esters is 1. The molecular weight excluding hydrogens is 338 g/mol. The van der Waals surface area contributed by atoms with Gasteiger partial charge in [-0.25, -0.2) is 14.8 Å². The molecule has 0 saturated carbocycles. The van der Waals surface area contributed by atoms with Crippen LogP contribution in [0.2, 0.25) is 0 Å². The maximum atomic E-state index is 11.5. The fourth-order valence-electron chi connectivity index (χ4n) is 2.51. The molecule has 0 aliphatic heterocycles. The van der Waals surface area contributed by atoms with Crippen molar-refractivity contribution in [2.45, 2.75) is 6.92 Å². The number of oxime groups is 1. The number of nitrogens with zero attached hydrogens (tertiary/aromatic N) is 4. The number of amides is 1. The van der Waals surface area contributed by atoms with Gasteiger partial charge in [0.25, 0.3) is 5.91 Å². The van der Waals surface area contributed by atoms with E-state index in [0.717, 1.165) is 0 Å². The smallest absolute Gasteiger partial charge is 0.347 e. The minimum Gasteiger partial charge on any atom is -0.463 e. The lowest BCUT2D eigenvalue weighted by Crippen LogP contribution is -2.18. The molecule has 0 saturated heterocycles. The van der Waals surface area contributed by atoms with Crippen LogP contribution < -0.4 is 5.73 Å². The van der Waals surface area contributed by atoms with Crippen LogP contribution in [0.3, 0.4) is 0 Å². The number of hydrogen-bond donors (Lipinski definition) is 1. The summed E-state index contributed by atoms with van der Waals surface area (Å²) in [5.41, 5.74) is 7.13. The third-order valence-electron chi connectivity index (χ3n) is 3.54. The lowest BCUT2D eigenvalue weighted by molar-refractivity contribution is -0.148. The lowest BCUT2D eigenvalue weighted by atomic mass is 10.1. The van der Waals surface area contributed by atoms with Gasteiger partial charge in [0.2, 0.25) is 6.61 Å². The molecule has 0 bridgehead atoms. The van der Waals surface area contributed by atoms with Crippen LogP contribution in [0, 0.1) is 11.3 Å². The molecule has 0 fully saturated rings. The Bertz CT molecular complexity index is 978. The fourth-order valence-corrected chi connectivity index (χ4v) is 2.51. The first-order valence-corrected chi connectivity index (χ1v) is 7.64. The first-order chi connectivity index (χ1) is 12.6. The zero-order valence-electron chi connectivity index (χ0n) is 13.7. The largest absolute Gasteiger partial charge is 0.463 e. The van der Waals surface area contributed by atoms with Crippen LogP contribution in [0.4, 0.5) is 0 Å². The van der Waals surface area contributed by atoms with Crippen LogP contribution in [0.15, 0.2) is 29.4 Å². The average Bonchev–Trinajstić information content (AvgIpc) is 2.94. The lowest BCUT2D eigenvalue weighted by Gasteiger charge is -2.04. The summed E-state index contributed by atoms with van der Waals surface area (Å²) in [5, 5.41) is 13.2. The molecule has 9 nitrogen and oxygen atoms in total. The number of aromatic nitrogens is 2. The Labute approximate surface area is 148 Å². The van der Waals surface area contributed by atoms with Gasteiger partial charge in [0.15, 0.2) is 11.4 Å². The summed E-state index contributed by atoms with van der Waals surface area (Å²) in [7, 11) is 0. The summed E-state index contributed by atoms with van der Waals surface area (Å²) in [4.78, 5) is 36.4. The maximum Gasteiger partial charge on any atom is 0.347 e. The van der Waals surface area contributed by atoms with Gasteiger partial charge in [0.1, 0.15) is 23.2 Å². The number of ether oxygens (including phenoxy) is 1. The zero-order chi connectivity index (χ0) is 18.7. The number of nitrogens with two attached hydrogens (primary N) is 1. The molecule has 1 amide bonds. The van der Waals surface area contributed by atoms with Crippen molar-refractivity contribution >= 4 is 17.6 Å². The summed E-state index contributed by atoms with van der Waals surface area (Å²) in [6.45, 7) is 1.55. The number of carbonyl (C=O) groups is 2. The standard InChI is InChI=1S/C17H13N5O4/c1-2-25-12(23)8-26-22-14-10-6-4-3-5-9(10)13-16(14)20-11(7-18)15(21-13)17(19)24/h3-6H,2,8H2,1H3,(H2,19,24)/b22-14+. The van der Waals surface area contributed by atoms with Crippen molar-refractivity contribution in [1.82, 2.24) is 9.97 Å². The van der Waals surface area contributed by atoms with Gasteiger partial charge in [0.05, 0.1) is 6.61 Å². The Morgan fingerprint density at radius 2 is 1.96 bits per heavy atom. The molecule has 0 radical (unpaired) electrons. The highest BCUT2D eigenvalue weighted by Gasteiger charge is 2.31. The summed E-state index contributed by atoms with van der Waals surface area (Å²) < 4.78 is 4.77. The Morgan fingerprint density at radius 3 is 2.62 bits per heavy atom. The van der Waals surface area contributed by atoms with Crippen molar-refractivity contribution in [2.24, 2.45) is 10.9 Å². The Hall–Kier alpha value is -3.80. The number of hydrogen-bond acceptors (Lipinski definition) is 8. The molecule has 1 heterocycles. The molecule has 3 rings (SSSR count). The minimum atomic E-state index is -0.849. The number of carbonyl (C=O) groups excluding carboxylic acids is 2. The Morgan fingerprint density at radius 1 is 1.23 bits per heavy atom. The van der Waals surface area contributed by atoms with Crippen LogP contribution in [0.5, 0.6) is 0 Å². The van der Waals surface area contributed by atoms with Gasteiger partial charge in [-0.15, -0.1) is 0 Å². The number of fused-ring (bicyclic) bond motifs is 3. The predicted molar refractivity (Wildman–Crippen MR) is 88.9 cm³/mol. The highest BCUT2D eigenvalue weighted by molar-refractivity contribution is 6.22. The van der Waals surface area contributed by atoms with Crippen LogP contribution in [0.1, 0.15) is 34.4 Å². The molecule has 1 aromatic heterocycles. The minimum absolute atomic E-state index is 0.206. The number of nitriles is 1. The van der Waals surface area contributed by atoms with Crippen molar-refractivity contribution in [3.8, 4) is 17.3 Å². The predicted octanol–water partition coefficient (Wildman–Crippen LogP) is 0.760. The molecule has 1 aromatic carbocycles. The van der Waals surface area contributed by atoms with Crippen LogP contribution >= 0.6 is 0 Å². The molecule has 2 aromatic rings. The van der Waals surface area contributed by atoms with Crippen LogP contribution in [-0.4, -0.2) is 40.8 Å². The average molecular weight is 351 g/mol. The highest BCUT2D eigenvalue weighted by Crippen LogP contribution is 2.35. The van der Waals surface area contributed by atoms with E-state index in [0.29, 0.717) is 22.5 Å². The SMILES string of the molecule is CCOC(=O)CO/N=C1\c2ccccc2-c2nc(C(N)=O)c(C#N)nc21. The van der Waals surface area contributed by atoms with E-state index in [9.17, 15) is 14.9 Å². The monoisotopic (exact) mass is 351 g/mol. The molecule has 26 heavy (non-hydrogen) atoms. The van der Waals surface area contributed by atoms with Gasteiger partial charge in [-0.1, -0.05) is 29.4 Å². The molecule has 0 atom stereocenters. The summed E-state index contributed by atoms with van der Waals surface area (Å²) in [6, 6.07) is 8.91. The van der Waals surface area contributed by atoms with Crippen molar-refractivity contribution in [1.29, 1.82) is 5.26 Å². The zero-order valence-corrected chi connectivity index (χ0v) is 13.7. The Kier molecular flexibility index (Phi) is 4.57. The summed E-state index contributed by atoms with van der Waals surface area (Å²) in [6.07, 6.45) is 0. The topological polar surface area (TPSA) is 141 Å². The number of rotatable bonds is 5. The molecule has 2 N–H and O–H groups in total. The molecule has 0 unspecified atom stereocenters. The van der Waals surface area contributed by atoms with E-state index in [4.69, 9.17) is 15.3 Å². The maximum absolute atomic E-state index is 11.5. The first kappa shape index (κ1) is 17.0. The van der Waals surface area contributed by atoms with Crippen molar-refractivity contribution in [3.05, 3.63) is 46.9 Å². The van der Waals surface area contributed by atoms with Crippen molar-refractivity contribution in [3.63, 3.8) is 0 Å². The van der Waals surface area contributed by atoms with E-state index in [1.165, 1.54) is 0 Å². The van der Waals surface area contributed by atoms with Gasteiger partial charge in [-0.3, -0.25) is 4.79 Å². The van der Waals surface area contributed by atoms with Gasteiger partial charge < -0.3 is 15.3 Å². The quantitative estimate of drug-likeness (QED) is 0.528. The van der Waals surface area contributed by atoms with E-state index < -0.39 is 11.9 Å². The van der Waals surface area contributed by atoms with E-state index >= 15 is 0 Å². The molecular formula is C17H13N5O4. The van der Waals surface area contributed by atoms with E-state index in [1.54, 1.807) is 37.3 Å². The second-order valence-electron chi connectivity index (χ2n) is 5.16. The molecule has 9 heteroatoms. The third-order valence-corrected chi connectivity index (χ3v) is 3.54. The van der Waals surface area contributed by atoms with Crippen molar-refractivity contribution < 1.29 is 19.2 Å². The van der Waals surface area contributed by atoms with E-state index in [2.05, 4.69) is 15.1 Å².